The lowest BCUT2D eigenvalue weighted by atomic mass is 9.79. The summed E-state index contributed by atoms with van der Waals surface area (Å²) in [4.78, 5) is 59.6. The number of amides is 4. The zero-order valence-corrected chi connectivity index (χ0v) is 32.7. The fraction of sp³-hybridized carbons (Fsp3) is 0.489. The lowest BCUT2D eigenvalue weighted by molar-refractivity contribution is 0.0587. The van der Waals surface area contributed by atoms with Crippen LogP contribution in [0, 0.1) is 19.8 Å². The molecule has 0 bridgehead atoms. The molecule has 4 amide bonds. The topological polar surface area (TPSA) is 95.0 Å². The van der Waals surface area contributed by atoms with Gasteiger partial charge < -0.3 is 5.11 Å². The largest absolute Gasteiger partial charge is 0.396 e. The highest BCUT2D eigenvalue weighted by Crippen LogP contribution is 2.48. The molecule has 2 aliphatic heterocycles. The maximum atomic E-state index is 14.3. The van der Waals surface area contributed by atoms with Gasteiger partial charge in [0, 0.05) is 52.7 Å². The first-order valence-electron chi connectivity index (χ1n) is 20.8. The zero-order valence-electron chi connectivity index (χ0n) is 32.7. The van der Waals surface area contributed by atoms with E-state index in [1.807, 2.05) is 50.2 Å². The van der Waals surface area contributed by atoms with Crippen LogP contribution in [0.15, 0.2) is 36.4 Å². The number of unbranched alkanes of at least 4 members (excludes halogenated alkanes) is 9. The fourth-order valence-corrected chi connectivity index (χ4v) is 9.56. The monoisotopic (exact) mass is 728 g/mol. The third-order valence-electron chi connectivity index (χ3n) is 12.4. The lowest BCUT2D eigenvalue weighted by Crippen LogP contribution is -2.41. The first-order chi connectivity index (χ1) is 26.2. The Kier molecular flexibility index (Phi) is 11.4. The van der Waals surface area contributed by atoms with Crippen molar-refractivity contribution in [3.63, 3.8) is 0 Å². The molecule has 54 heavy (non-hydrogen) atoms. The molecule has 0 saturated carbocycles. The molecule has 5 aromatic carbocycles. The van der Waals surface area contributed by atoms with Crippen LogP contribution in [0.3, 0.4) is 0 Å². The Morgan fingerprint density at radius 2 is 0.944 bits per heavy atom. The standard InChI is InChI=1S/C47H56N2O5/c1-5-7-9-14-18-31(17-8-6-2)23-25-49-45(52)35-22-20-33-38-29(3)27-36-40-34(44(51)48(46(36)53)24-15-12-10-11-13-16-26-50)21-19-32(42(38)40)39-30(4)28-37(47(49)54)41(35)43(33)39/h19-22,27-28,31,50H,5-18,23-26H2,1-4H3. The van der Waals surface area contributed by atoms with Crippen molar-refractivity contribution in [3.8, 4) is 0 Å². The van der Waals surface area contributed by atoms with Gasteiger partial charge in [0.2, 0.25) is 0 Å². The number of rotatable bonds is 19. The smallest absolute Gasteiger partial charge is 0.261 e. The van der Waals surface area contributed by atoms with Crippen LogP contribution in [-0.4, -0.2) is 58.2 Å². The molecule has 1 N–H and O–H groups in total. The Labute approximate surface area is 319 Å². The van der Waals surface area contributed by atoms with Gasteiger partial charge in [-0.2, -0.15) is 0 Å². The van der Waals surface area contributed by atoms with Crippen LogP contribution in [0.2, 0.25) is 0 Å². The molecule has 1 unspecified atom stereocenters. The maximum Gasteiger partial charge on any atom is 0.261 e. The summed E-state index contributed by atoms with van der Waals surface area (Å²) in [6.45, 7) is 9.52. The summed E-state index contributed by atoms with van der Waals surface area (Å²) in [7, 11) is 0. The summed E-state index contributed by atoms with van der Waals surface area (Å²) >= 11 is 0. The number of hydrogen-bond acceptors (Lipinski definition) is 5. The number of aliphatic hydroxyl groups excluding tert-OH is 1. The number of aliphatic hydroxyl groups is 1. The van der Waals surface area contributed by atoms with Gasteiger partial charge in [-0.25, -0.2) is 0 Å². The van der Waals surface area contributed by atoms with Gasteiger partial charge in [-0.15, -0.1) is 0 Å². The van der Waals surface area contributed by atoms with Crippen molar-refractivity contribution in [2.24, 2.45) is 5.92 Å². The van der Waals surface area contributed by atoms with E-state index in [1.54, 1.807) is 0 Å². The second-order valence-electron chi connectivity index (χ2n) is 16.1. The van der Waals surface area contributed by atoms with Crippen LogP contribution in [0.4, 0.5) is 0 Å². The molecule has 1 atom stereocenters. The van der Waals surface area contributed by atoms with Crippen LogP contribution in [0.5, 0.6) is 0 Å². The highest BCUT2D eigenvalue weighted by molar-refractivity contribution is 6.42. The summed E-state index contributed by atoms with van der Waals surface area (Å²) in [6, 6.07) is 11.7. The van der Waals surface area contributed by atoms with Gasteiger partial charge in [-0.3, -0.25) is 29.0 Å². The van der Waals surface area contributed by atoms with Gasteiger partial charge in [0.05, 0.1) is 0 Å². The zero-order chi connectivity index (χ0) is 38.1. The Hall–Kier alpha value is -4.36. The number of benzene rings is 5. The number of fused-ring (bicyclic) bond motifs is 2. The lowest BCUT2D eigenvalue weighted by Gasteiger charge is -2.31. The molecule has 0 aliphatic carbocycles. The van der Waals surface area contributed by atoms with Crippen LogP contribution >= 0.6 is 0 Å². The molecular formula is C47H56N2O5. The number of carbonyl (C=O) groups is 4. The molecule has 7 rings (SSSR count). The van der Waals surface area contributed by atoms with Gasteiger partial charge in [0.1, 0.15) is 0 Å². The van der Waals surface area contributed by atoms with Crippen molar-refractivity contribution >= 4 is 66.7 Å². The van der Waals surface area contributed by atoms with Crippen molar-refractivity contribution in [2.45, 2.75) is 124 Å². The van der Waals surface area contributed by atoms with Crippen molar-refractivity contribution in [1.29, 1.82) is 0 Å². The van der Waals surface area contributed by atoms with Crippen LogP contribution in [-0.2, 0) is 0 Å². The summed E-state index contributed by atoms with van der Waals surface area (Å²) in [5.41, 5.74) is 4.12. The van der Waals surface area contributed by atoms with E-state index >= 15 is 0 Å². The summed E-state index contributed by atoms with van der Waals surface area (Å²) in [6.07, 6.45) is 15.8. The molecule has 2 heterocycles. The van der Waals surface area contributed by atoms with E-state index in [0.29, 0.717) is 46.6 Å². The molecule has 7 nitrogen and oxygen atoms in total. The van der Waals surface area contributed by atoms with E-state index < -0.39 is 0 Å². The van der Waals surface area contributed by atoms with Gasteiger partial charge in [0.25, 0.3) is 23.6 Å². The minimum atomic E-state index is -0.254. The molecular weight excluding hydrogens is 673 g/mol. The SMILES string of the molecule is CCCCCCC(CCCC)CCN1C(=O)c2ccc3c4c(C)cc5c6c(ccc(c7c(C)cc(c2c37)C1=O)c64)C(=O)N(CCCCCCCCO)C5=O. The van der Waals surface area contributed by atoms with Crippen LogP contribution in [0.25, 0.3) is 43.1 Å². The van der Waals surface area contributed by atoms with E-state index in [2.05, 4.69) is 13.8 Å². The van der Waals surface area contributed by atoms with Gasteiger partial charge in [-0.1, -0.05) is 103 Å². The van der Waals surface area contributed by atoms with Crippen molar-refractivity contribution in [2.75, 3.05) is 19.7 Å². The summed E-state index contributed by atoms with van der Waals surface area (Å²) in [5.74, 6) is -0.434. The average Bonchev–Trinajstić information content (AvgIpc) is 3.17. The van der Waals surface area contributed by atoms with E-state index in [-0.39, 0.29) is 30.2 Å². The molecule has 0 spiro atoms. The minimum Gasteiger partial charge on any atom is -0.396 e. The summed E-state index contributed by atoms with van der Waals surface area (Å²) < 4.78 is 0. The number of carbonyl (C=O) groups excluding carboxylic acids is 4. The predicted molar refractivity (Wildman–Crippen MR) is 219 cm³/mol. The molecule has 0 saturated heterocycles. The Morgan fingerprint density at radius 3 is 1.48 bits per heavy atom. The highest BCUT2D eigenvalue weighted by Gasteiger charge is 2.37. The Morgan fingerprint density at radius 1 is 0.481 bits per heavy atom. The Bertz CT molecular complexity index is 2250. The van der Waals surface area contributed by atoms with E-state index in [9.17, 15) is 19.2 Å². The highest BCUT2D eigenvalue weighted by atomic mass is 16.3. The second kappa shape index (κ2) is 16.2. The number of nitrogens with zero attached hydrogens (tertiary/aromatic N) is 2. The molecule has 7 heteroatoms. The van der Waals surface area contributed by atoms with Crippen molar-refractivity contribution < 1.29 is 24.3 Å². The average molecular weight is 729 g/mol. The summed E-state index contributed by atoms with van der Waals surface area (Å²) in [5, 5.41) is 16.1. The Balaban J connectivity index is 1.26. The maximum absolute atomic E-state index is 14.3. The van der Waals surface area contributed by atoms with Gasteiger partial charge in [0.15, 0.2) is 0 Å². The van der Waals surface area contributed by atoms with E-state index in [0.717, 1.165) is 119 Å². The normalized spacial score (nSPS) is 15.0. The number of aryl methyl sites for hydroxylation is 2. The number of imide groups is 2. The third kappa shape index (κ3) is 6.56. The molecule has 0 radical (unpaired) electrons. The van der Waals surface area contributed by atoms with Crippen LogP contribution in [0.1, 0.15) is 163 Å². The van der Waals surface area contributed by atoms with Gasteiger partial charge >= 0.3 is 0 Å². The number of hydrogen-bond donors (Lipinski definition) is 1. The van der Waals surface area contributed by atoms with Crippen LogP contribution < -0.4 is 0 Å². The molecule has 0 aromatic heterocycles. The van der Waals surface area contributed by atoms with E-state index in [4.69, 9.17) is 5.11 Å². The quantitative estimate of drug-likeness (QED) is 0.0395. The molecule has 0 fully saturated rings. The molecule has 2 aliphatic rings. The fourth-order valence-electron chi connectivity index (χ4n) is 9.56. The molecule has 5 aromatic rings. The van der Waals surface area contributed by atoms with Crippen molar-refractivity contribution in [1.82, 2.24) is 9.80 Å². The first kappa shape index (κ1) is 37.9. The first-order valence-corrected chi connectivity index (χ1v) is 20.8. The third-order valence-corrected chi connectivity index (χ3v) is 12.4. The predicted octanol–water partition coefficient (Wildman–Crippen LogP) is 11.0. The minimum absolute atomic E-state index is 0.212. The van der Waals surface area contributed by atoms with E-state index in [1.165, 1.54) is 35.5 Å². The van der Waals surface area contributed by atoms with Gasteiger partial charge in [-0.05, 0) is 107 Å². The van der Waals surface area contributed by atoms with Crippen molar-refractivity contribution in [3.05, 3.63) is 69.8 Å². The molecule has 284 valence electrons. The second-order valence-corrected chi connectivity index (χ2v) is 16.1.